The fraction of sp³-hybridized carbons (Fsp3) is 0.824. The van der Waals surface area contributed by atoms with E-state index in [9.17, 15) is 4.79 Å². The van der Waals surface area contributed by atoms with Crippen LogP contribution in [0.4, 0.5) is 0 Å². The first-order valence-electron chi connectivity index (χ1n) is 8.58. The molecule has 0 radical (unpaired) electrons. The molecule has 0 aromatic carbocycles. The summed E-state index contributed by atoms with van der Waals surface area (Å²) in [5.41, 5.74) is 1.30. The molecule has 0 bridgehead atoms. The van der Waals surface area contributed by atoms with Crippen molar-refractivity contribution in [1.29, 1.82) is 0 Å². The molecule has 0 aromatic heterocycles. The number of methoxy groups -OCH3 is 1. The van der Waals surface area contributed by atoms with Gasteiger partial charge >= 0.3 is 0 Å². The standard InChI is InChI=1S/C17H28N2O3/c1-21-12-14-6-8-18(9-7-14)17(20)16-13-22-11-10-19(16)15-4-2-3-5-15/h6,15-16H,2-5,7-13H2,1H3. The number of amides is 1. The van der Waals surface area contributed by atoms with Crippen LogP contribution in [0.15, 0.2) is 11.6 Å². The lowest BCUT2D eigenvalue weighted by molar-refractivity contribution is -0.144. The van der Waals surface area contributed by atoms with Gasteiger partial charge in [-0.05, 0) is 24.8 Å². The molecule has 2 fully saturated rings. The highest BCUT2D eigenvalue weighted by Crippen LogP contribution is 2.27. The van der Waals surface area contributed by atoms with Crippen molar-refractivity contribution >= 4 is 5.91 Å². The lowest BCUT2D eigenvalue weighted by Gasteiger charge is -2.41. The zero-order chi connectivity index (χ0) is 15.4. The van der Waals surface area contributed by atoms with Crippen molar-refractivity contribution in [2.24, 2.45) is 0 Å². The number of ether oxygens (including phenoxy) is 2. The van der Waals surface area contributed by atoms with E-state index in [1.165, 1.54) is 31.3 Å². The van der Waals surface area contributed by atoms with Crippen LogP contribution in [0.2, 0.25) is 0 Å². The molecular weight excluding hydrogens is 280 g/mol. The molecule has 3 rings (SSSR count). The Labute approximate surface area is 133 Å². The van der Waals surface area contributed by atoms with Crippen molar-refractivity contribution in [3.8, 4) is 0 Å². The fourth-order valence-electron chi connectivity index (χ4n) is 3.94. The van der Waals surface area contributed by atoms with E-state index in [1.54, 1.807) is 7.11 Å². The van der Waals surface area contributed by atoms with Crippen LogP contribution in [0.1, 0.15) is 32.1 Å². The van der Waals surface area contributed by atoms with Crippen LogP contribution in [0.3, 0.4) is 0 Å². The van der Waals surface area contributed by atoms with Gasteiger partial charge in [-0.15, -0.1) is 0 Å². The summed E-state index contributed by atoms with van der Waals surface area (Å²) in [7, 11) is 1.72. The number of rotatable bonds is 4. The first kappa shape index (κ1) is 16.0. The zero-order valence-electron chi connectivity index (χ0n) is 13.6. The summed E-state index contributed by atoms with van der Waals surface area (Å²) in [6, 6.07) is 0.511. The van der Waals surface area contributed by atoms with Crippen molar-refractivity contribution < 1.29 is 14.3 Å². The largest absolute Gasteiger partial charge is 0.380 e. The van der Waals surface area contributed by atoms with Crippen molar-refractivity contribution in [2.45, 2.75) is 44.2 Å². The molecule has 2 aliphatic heterocycles. The highest BCUT2D eigenvalue weighted by molar-refractivity contribution is 5.82. The van der Waals surface area contributed by atoms with Gasteiger partial charge in [-0.3, -0.25) is 9.69 Å². The molecule has 22 heavy (non-hydrogen) atoms. The van der Waals surface area contributed by atoms with E-state index in [-0.39, 0.29) is 11.9 Å². The summed E-state index contributed by atoms with van der Waals surface area (Å²) in [6.07, 6.45) is 8.15. The van der Waals surface area contributed by atoms with Gasteiger partial charge in [0.1, 0.15) is 6.04 Å². The van der Waals surface area contributed by atoms with Crippen molar-refractivity contribution in [3.05, 3.63) is 11.6 Å². The maximum absolute atomic E-state index is 12.9. The van der Waals surface area contributed by atoms with Crippen molar-refractivity contribution in [3.63, 3.8) is 0 Å². The second-order valence-corrected chi connectivity index (χ2v) is 6.60. The summed E-state index contributed by atoms with van der Waals surface area (Å²) in [6.45, 7) is 4.43. The maximum atomic E-state index is 12.9. The van der Waals surface area contributed by atoms with Crippen LogP contribution in [0, 0.1) is 0 Å². The normalized spacial score (nSPS) is 28.0. The molecule has 0 N–H and O–H groups in total. The van der Waals surface area contributed by atoms with Crippen LogP contribution in [0.5, 0.6) is 0 Å². The average Bonchev–Trinajstić information content (AvgIpc) is 3.10. The molecule has 1 atom stereocenters. The third kappa shape index (κ3) is 3.53. The summed E-state index contributed by atoms with van der Waals surface area (Å²) in [5, 5.41) is 0. The molecule has 1 amide bonds. The lowest BCUT2D eigenvalue weighted by atomic mass is 10.1. The Kier molecular flexibility index (Phi) is 5.50. The quantitative estimate of drug-likeness (QED) is 0.737. The Morgan fingerprint density at radius 2 is 2.18 bits per heavy atom. The Bertz CT molecular complexity index is 418. The van der Waals surface area contributed by atoms with Crippen LogP contribution in [0.25, 0.3) is 0 Å². The molecule has 124 valence electrons. The minimum atomic E-state index is -0.0748. The molecule has 1 unspecified atom stereocenters. The number of morpholine rings is 1. The van der Waals surface area contributed by atoms with Crippen molar-refractivity contribution in [2.75, 3.05) is 46.6 Å². The van der Waals surface area contributed by atoms with E-state index in [1.807, 2.05) is 4.90 Å². The second kappa shape index (κ2) is 7.57. The number of carbonyl (C=O) groups is 1. The molecule has 5 heteroatoms. The minimum Gasteiger partial charge on any atom is -0.380 e. The van der Waals surface area contributed by atoms with Crippen LogP contribution < -0.4 is 0 Å². The topological polar surface area (TPSA) is 42.0 Å². The minimum absolute atomic E-state index is 0.0748. The Morgan fingerprint density at radius 1 is 1.36 bits per heavy atom. The number of carbonyl (C=O) groups excluding carboxylic acids is 1. The number of hydrogen-bond acceptors (Lipinski definition) is 4. The fourth-order valence-corrected chi connectivity index (χ4v) is 3.94. The van der Waals surface area contributed by atoms with E-state index in [0.29, 0.717) is 25.8 Å². The van der Waals surface area contributed by atoms with Gasteiger partial charge in [0.05, 0.1) is 19.8 Å². The molecule has 1 saturated heterocycles. The van der Waals surface area contributed by atoms with Gasteiger partial charge in [0.25, 0.3) is 0 Å². The van der Waals surface area contributed by atoms with Crippen LogP contribution >= 0.6 is 0 Å². The molecule has 0 spiro atoms. The monoisotopic (exact) mass is 308 g/mol. The Hall–Kier alpha value is -0.910. The van der Waals surface area contributed by atoms with E-state index >= 15 is 0 Å². The van der Waals surface area contributed by atoms with E-state index in [2.05, 4.69) is 11.0 Å². The first-order chi connectivity index (χ1) is 10.8. The second-order valence-electron chi connectivity index (χ2n) is 6.60. The summed E-state index contributed by atoms with van der Waals surface area (Å²) >= 11 is 0. The number of hydrogen-bond donors (Lipinski definition) is 0. The predicted octanol–water partition coefficient (Wildman–Crippen LogP) is 1.43. The molecule has 5 nitrogen and oxygen atoms in total. The van der Waals surface area contributed by atoms with Gasteiger partial charge in [0.2, 0.25) is 5.91 Å². The van der Waals surface area contributed by atoms with E-state index in [4.69, 9.17) is 9.47 Å². The summed E-state index contributed by atoms with van der Waals surface area (Å²) in [4.78, 5) is 17.3. The molecule has 2 heterocycles. The van der Waals surface area contributed by atoms with Gasteiger partial charge in [-0.1, -0.05) is 18.9 Å². The first-order valence-corrected chi connectivity index (χ1v) is 8.58. The smallest absolute Gasteiger partial charge is 0.242 e. The summed E-state index contributed by atoms with van der Waals surface area (Å²) < 4.78 is 10.8. The van der Waals surface area contributed by atoms with E-state index < -0.39 is 0 Å². The molecular formula is C17H28N2O3. The molecule has 1 aliphatic carbocycles. The molecule has 3 aliphatic rings. The highest BCUT2D eigenvalue weighted by Gasteiger charge is 2.37. The van der Waals surface area contributed by atoms with Crippen LogP contribution in [-0.4, -0.2) is 74.4 Å². The van der Waals surface area contributed by atoms with E-state index in [0.717, 1.165) is 26.1 Å². The average molecular weight is 308 g/mol. The van der Waals surface area contributed by atoms with Gasteiger partial charge < -0.3 is 14.4 Å². The predicted molar refractivity (Wildman–Crippen MR) is 84.7 cm³/mol. The maximum Gasteiger partial charge on any atom is 0.242 e. The number of nitrogens with zero attached hydrogens (tertiary/aromatic N) is 2. The zero-order valence-corrected chi connectivity index (χ0v) is 13.6. The third-order valence-electron chi connectivity index (χ3n) is 5.19. The Morgan fingerprint density at radius 3 is 2.86 bits per heavy atom. The Balaban J connectivity index is 1.62. The molecule has 1 saturated carbocycles. The molecule has 0 aromatic rings. The van der Waals surface area contributed by atoms with Gasteiger partial charge in [0, 0.05) is 32.8 Å². The lowest BCUT2D eigenvalue weighted by Crippen LogP contribution is -2.58. The SMILES string of the molecule is COCC1=CCN(C(=O)C2COCCN2C2CCCC2)CC1. The third-order valence-corrected chi connectivity index (χ3v) is 5.19. The van der Waals surface area contributed by atoms with Gasteiger partial charge in [-0.2, -0.15) is 0 Å². The van der Waals surface area contributed by atoms with Crippen LogP contribution in [-0.2, 0) is 14.3 Å². The van der Waals surface area contributed by atoms with Gasteiger partial charge in [0.15, 0.2) is 0 Å². The van der Waals surface area contributed by atoms with Gasteiger partial charge in [-0.25, -0.2) is 0 Å². The van der Waals surface area contributed by atoms with Crippen molar-refractivity contribution in [1.82, 2.24) is 9.80 Å². The summed E-state index contributed by atoms with van der Waals surface area (Å²) in [5.74, 6) is 0.249. The highest BCUT2D eigenvalue weighted by atomic mass is 16.5.